The summed E-state index contributed by atoms with van der Waals surface area (Å²) in [6.07, 6.45) is 3.82. The molecule has 0 aromatic carbocycles. The van der Waals surface area contributed by atoms with Gasteiger partial charge in [-0.2, -0.15) is 0 Å². The van der Waals surface area contributed by atoms with E-state index >= 15 is 0 Å². The lowest BCUT2D eigenvalue weighted by Crippen LogP contribution is -2.45. The van der Waals surface area contributed by atoms with Gasteiger partial charge in [-0.05, 0) is 44.9 Å². The van der Waals surface area contributed by atoms with Gasteiger partial charge in [-0.1, -0.05) is 0 Å². The molecular formula is C9H14Cl2. The Kier molecular flexibility index (Phi) is 1.55. The van der Waals surface area contributed by atoms with Crippen LogP contribution in [0.1, 0.15) is 33.1 Å². The van der Waals surface area contributed by atoms with Gasteiger partial charge < -0.3 is 0 Å². The molecular weight excluding hydrogens is 179 g/mol. The van der Waals surface area contributed by atoms with E-state index in [9.17, 15) is 0 Å². The van der Waals surface area contributed by atoms with Crippen molar-refractivity contribution in [1.82, 2.24) is 0 Å². The summed E-state index contributed by atoms with van der Waals surface area (Å²) in [7, 11) is 0. The van der Waals surface area contributed by atoms with Crippen molar-refractivity contribution in [2.24, 2.45) is 11.8 Å². The zero-order valence-corrected chi connectivity index (χ0v) is 8.54. The van der Waals surface area contributed by atoms with Crippen LogP contribution in [0.5, 0.6) is 0 Å². The molecule has 0 nitrogen and oxygen atoms in total. The summed E-state index contributed by atoms with van der Waals surface area (Å²) in [5.41, 5.74) is 0. The third-order valence-corrected chi connectivity index (χ3v) is 5.42. The predicted octanol–water partition coefficient (Wildman–Crippen LogP) is 3.41. The third-order valence-electron chi connectivity index (χ3n) is 3.92. The van der Waals surface area contributed by atoms with Gasteiger partial charge in [-0.15, -0.1) is 23.2 Å². The van der Waals surface area contributed by atoms with E-state index in [1.807, 2.05) is 0 Å². The highest BCUT2D eigenvalue weighted by Crippen LogP contribution is 2.62. The molecule has 0 unspecified atom stereocenters. The Bertz CT molecular complexity index is 164. The van der Waals surface area contributed by atoms with E-state index in [1.165, 1.54) is 19.3 Å². The Balaban J connectivity index is 2.36. The van der Waals surface area contributed by atoms with E-state index in [0.717, 1.165) is 0 Å². The second-order valence-corrected chi connectivity index (χ2v) is 5.93. The van der Waals surface area contributed by atoms with Crippen LogP contribution in [0.25, 0.3) is 0 Å². The number of rotatable bonds is 0. The van der Waals surface area contributed by atoms with Crippen molar-refractivity contribution in [2.45, 2.75) is 42.9 Å². The summed E-state index contributed by atoms with van der Waals surface area (Å²) in [6, 6.07) is 0. The van der Waals surface area contributed by atoms with Gasteiger partial charge in [0.2, 0.25) is 0 Å². The fourth-order valence-corrected chi connectivity index (χ4v) is 3.47. The van der Waals surface area contributed by atoms with E-state index in [0.29, 0.717) is 11.8 Å². The summed E-state index contributed by atoms with van der Waals surface area (Å²) >= 11 is 12.8. The van der Waals surface area contributed by atoms with Crippen molar-refractivity contribution in [3.63, 3.8) is 0 Å². The zero-order valence-electron chi connectivity index (χ0n) is 7.03. The minimum atomic E-state index is -0.155. The molecule has 2 saturated carbocycles. The number of hydrogen-bond acceptors (Lipinski definition) is 0. The summed E-state index contributed by atoms with van der Waals surface area (Å²) in [5.74, 6) is 1.33. The second-order valence-electron chi connectivity index (χ2n) is 4.36. The first-order chi connectivity index (χ1) is 4.96. The normalized spacial score (nSPS) is 62.2. The molecule has 0 aliphatic heterocycles. The standard InChI is InChI=1S/C9H14Cl2/c1-8(10)6-3-4-7(5-6)9(8,2)11/h6-7H,3-5H2,1-2H3/t6-,7+,8-,9-/m1/s1. The SMILES string of the molecule is C[C@@]1(Cl)[C@@H]2CC[C@@H](C2)[C@@]1(C)Cl. The molecule has 2 aliphatic carbocycles. The van der Waals surface area contributed by atoms with Crippen molar-refractivity contribution in [2.75, 3.05) is 0 Å². The molecule has 0 spiro atoms. The molecule has 2 rings (SSSR count). The largest absolute Gasteiger partial charge is 0.117 e. The first-order valence-electron chi connectivity index (χ1n) is 4.34. The second kappa shape index (κ2) is 2.09. The van der Waals surface area contributed by atoms with Crippen LogP contribution in [0, 0.1) is 11.8 Å². The lowest BCUT2D eigenvalue weighted by molar-refractivity contribution is 0.314. The van der Waals surface area contributed by atoms with Gasteiger partial charge in [0.15, 0.2) is 0 Å². The highest BCUT2D eigenvalue weighted by atomic mass is 35.5. The average molecular weight is 193 g/mol. The molecule has 0 radical (unpaired) electrons. The predicted molar refractivity (Wildman–Crippen MR) is 49.3 cm³/mol. The number of fused-ring (bicyclic) bond motifs is 2. The van der Waals surface area contributed by atoms with Crippen LogP contribution in [0.3, 0.4) is 0 Å². The number of alkyl halides is 2. The summed E-state index contributed by atoms with van der Waals surface area (Å²) in [4.78, 5) is -0.311. The Hall–Kier alpha value is 0.580. The Labute approximate surface area is 78.3 Å². The van der Waals surface area contributed by atoms with E-state index in [2.05, 4.69) is 13.8 Å². The molecule has 0 heterocycles. The molecule has 2 heteroatoms. The van der Waals surface area contributed by atoms with Crippen molar-refractivity contribution in [3.8, 4) is 0 Å². The quantitative estimate of drug-likeness (QED) is 0.517. The first-order valence-corrected chi connectivity index (χ1v) is 5.09. The van der Waals surface area contributed by atoms with E-state index < -0.39 is 0 Å². The Morgan fingerprint density at radius 2 is 1.36 bits per heavy atom. The maximum atomic E-state index is 6.42. The van der Waals surface area contributed by atoms with Crippen LogP contribution in [-0.4, -0.2) is 9.75 Å². The van der Waals surface area contributed by atoms with E-state index in [4.69, 9.17) is 23.2 Å². The highest BCUT2D eigenvalue weighted by Gasteiger charge is 2.61. The highest BCUT2D eigenvalue weighted by molar-refractivity contribution is 6.35. The minimum Gasteiger partial charge on any atom is -0.117 e. The molecule has 0 aromatic rings. The van der Waals surface area contributed by atoms with Gasteiger partial charge in [0.25, 0.3) is 0 Å². The summed E-state index contributed by atoms with van der Waals surface area (Å²) in [6.45, 7) is 4.21. The summed E-state index contributed by atoms with van der Waals surface area (Å²) < 4.78 is 0. The molecule has 64 valence electrons. The fraction of sp³-hybridized carbons (Fsp3) is 1.00. The summed E-state index contributed by atoms with van der Waals surface area (Å²) in [5, 5.41) is 0. The van der Waals surface area contributed by atoms with Gasteiger partial charge in [0, 0.05) is 0 Å². The molecule has 2 aliphatic rings. The molecule has 4 atom stereocenters. The van der Waals surface area contributed by atoms with Gasteiger partial charge >= 0.3 is 0 Å². The van der Waals surface area contributed by atoms with E-state index in [-0.39, 0.29) is 9.75 Å². The van der Waals surface area contributed by atoms with Crippen LogP contribution in [0.2, 0.25) is 0 Å². The molecule has 0 N–H and O–H groups in total. The van der Waals surface area contributed by atoms with Crippen LogP contribution >= 0.6 is 23.2 Å². The fourth-order valence-electron chi connectivity index (χ4n) is 2.76. The van der Waals surface area contributed by atoms with Crippen LogP contribution in [0.4, 0.5) is 0 Å². The lowest BCUT2D eigenvalue weighted by atomic mass is 9.80. The smallest absolute Gasteiger partial charge is 0.0638 e. The maximum absolute atomic E-state index is 6.42. The van der Waals surface area contributed by atoms with E-state index in [1.54, 1.807) is 0 Å². The minimum absolute atomic E-state index is 0.155. The molecule has 0 amide bonds. The van der Waals surface area contributed by atoms with Crippen molar-refractivity contribution < 1.29 is 0 Å². The van der Waals surface area contributed by atoms with Crippen molar-refractivity contribution in [1.29, 1.82) is 0 Å². The van der Waals surface area contributed by atoms with Gasteiger partial charge in [-0.25, -0.2) is 0 Å². The van der Waals surface area contributed by atoms with Crippen molar-refractivity contribution >= 4 is 23.2 Å². The van der Waals surface area contributed by atoms with Gasteiger partial charge in [0.1, 0.15) is 0 Å². The topological polar surface area (TPSA) is 0 Å². The molecule has 11 heavy (non-hydrogen) atoms. The molecule has 2 bridgehead atoms. The van der Waals surface area contributed by atoms with Crippen LogP contribution in [0.15, 0.2) is 0 Å². The third kappa shape index (κ3) is 0.833. The van der Waals surface area contributed by atoms with Gasteiger partial charge in [0.05, 0.1) is 9.75 Å². The first kappa shape index (κ1) is 8.19. The average Bonchev–Trinajstić information content (AvgIpc) is 2.37. The molecule has 0 aromatic heterocycles. The lowest BCUT2D eigenvalue weighted by Gasteiger charge is -2.40. The monoisotopic (exact) mass is 192 g/mol. The number of halogens is 2. The Morgan fingerprint density at radius 1 is 1.00 bits per heavy atom. The molecule has 2 fully saturated rings. The van der Waals surface area contributed by atoms with Gasteiger partial charge in [-0.3, -0.25) is 0 Å². The van der Waals surface area contributed by atoms with Crippen molar-refractivity contribution in [3.05, 3.63) is 0 Å². The molecule has 0 saturated heterocycles. The maximum Gasteiger partial charge on any atom is 0.0638 e. The zero-order chi connectivity index (χ0) is 8.28. The Morgan fingerprint density at radius 3 is 1.55 bits per heavy atom. The van der Waals surface area contributed by atoms with Crippen LogP contribution in [-0.2, 0) is 0 Å². The number of hydrogen-bond donors (Lipinski definition) is 0. The van der Waals surface area contributed by atoms with Crippen LogP contribution < -0.4 is 0 Å².